The van der Waals surface area contributed by atoms with Crippen molar-refractivity contribution in [1.82, 2.24) is 9.88 Å². The predicted octanol–water partition coefficient (Wildman–Crippen LogP) is 1.88. The fourth-order valence-corrected chi connectivity index (χ4v) is 2.63. The highest BCUT2D eigenvalue weighted by Crippen LogP contribution is 2.25. The van der Waals surface area contributed by atoms with Crippen LogP contribution in [0.4, 0.5) is 5.69 Å². The summed E-state index contributed by atoms with van der Waals surface area (Å²) in [5.41, 5.74) is -0.219. The number of halogens is 1. The van der Waals surface area contributed by atoms with Crippen LogP contribution in [0.2, 0.25) is 5.15 Å². The lowest BCUT2D eigenvalue weighted by Crippen LogP contribution is -2.40. The number of rotatable bonds is 3. The van der Waals surface area contributed by atoms with Crippen LogP contribution in [0.3, 0.4) is 0 Å². The molecule has 21 heavy (non-hydrogen) atoms. The van der Waals surface area contributed by atoms with E-state index in [1.807, 2.05) is 0 Å². The molecule has 1 unspecified atom stereocenters. The Morgan fingerprint density at radius 1 is 1.57 bits per heavy atom. The van der Waals surface area contributed by atoms with E-state index in [-0.39, 0.29) is 28.2 Å². The Morgan fingerprint density at radius 3 is 2.71 bits per heavy atom. The van der Waals surface area contributed by atoms with Gasteiger partial charge in [0, 0.05) is 19.2 Å². The minimum absolute atomic E-state index is 0.0387. The molecular formula is C13H16ClN3O4. The van der Waals surface area contributed by atoms with Crippen LogP contribution in [-0.2, 0) is 0 Å². The first-order valence-electron chi connectivity index (χ1n) is 6.67. The number of hydrogen-bond acceptors (Lipinski definition) is 5. The molecule has 8 heteroatoms. The molecule has 0 aromatic carbocycles. The first-order chi connectivity index (χ1) is 9.90. The van der Waals surface area contributed by atoms with Crippen molar-refractivity contribution in [2.75, 3.05) is 13.1 Å². The molecule has 1 amide bonds. The maximum atomic E-state index is 12.4. The van der Waals surface area contributed by atoms with Gasteiger partial charge in [0.15, 0.2) is 0 Å². The number of nitrogens with zero attached hydrogens (tertiary/aromatic N) is 3. The summed E-state index contributed by atoms with van der Waals surface area (Å²) in [5.74, 6) is -0.187. The molecule has 1 fully saturated rings. The van der Waals surface area contributed by atoms with Crippen molar-refractivity contribution in [1.29, 1.82) is 0 Å². The number of likely N-dealkylation sites (tertiary alicyclic amines) is 1. The third-order valence-corrected chi connectivity index (χ3v) is 4.08. The lowest BCUT2D eigenvalue weighted by molar-refractivity contribution is -0.385. The molecule has 1 atom stereocenters. The minimum Gasteiger partial charge on any atom is -0.393 e. The van der Waals surface area contributed by atoms with E-state index in [9.17, 15) is 20.0 Å². The second-order valence-corrected chi connectivity index (χ2v) is 5.52. The fourth-order valence-electron chi connectivity index (χ4n) is 2.44. The maximum Gasteiger partial charge on any atom is 0.288 e. The lowest BCUT2D eigenvalue weighted by Gasteiger charge is -2.33. The zero-order valence-corrected chi connectivity index (χ0v) is 12.3. The van der Waals surface area contributed by atoms with E-state index in [0.29, 0.717) is 25.9 Å². The minimum atomic E-state index is -0.611. The molecule has 2 heterocycles. The molecule has 0 saturated carbocycles. The van der Waals surface area contributed by atoms with Gasteiger partial charge in [0.25, 0.3) is 11.6 Å². The normalized spacial score (nSPS) is 17.6. The summed E-state index contributed by atoms with van der Waals surface area (Å²) < 4.78 is 0. The molecule has 0 bridgehead atoms. The van der Waals surface area contributed by atoms with Crippen molar-refractivity contribution >= 4 is 23.2 Å². The quantitative estimate of drug-likeness (QED) is 0.522. The van der Waals surface area contributed by atoms with Crippen LogP contribution in [0.5, 0.6) is 0 Å². The summed E-state index contributed by atoms with van der Waals surface area (Å²) in [6, 6.07) is 1.15. The zero-order valence-electron chi connectivity index (χ0n) is 11.5. The van der Waals surface area contributed by atoms with Crippen LogP contribution in [0.15, 0.2) is 12.3 Å². The second kappa shape index (κ2) is 6.36. The highest BCUT2D eigenvalue weighted by atomic mass is 35.5. The summed E-state index contributed by atoms with van der Waals surface area (Å²) in [6.45, 7) is 2.73. The van der Waals surface area contributed by atoms with Crippen LogP contribution in [-0.4, -0.2) is 45.0 Å². The Morgan fingerprint density at radius 2 is 2.19 bits per heavy atom. The van der Waals surface area contributed by atoms with E-state index in [0.717, 1.165) is 12.3 Å². The van der Waals surface area contributed by atoms with Gasteiger partial charge < -0.3 is 10.0 Å². The molecule has 7 nitrogen and oxygen atoms in total. The molecule has 114 valence electrons. The van der Waals surface area contributed by atoms with Crippen LogP contribution < -0.4 is 0 Å². The van der Waals surface area contributed by atoms with Crippen molar-refractivity contribution in [3.8, 4) is 0 Å². The van der Waals surface area contributed by atoms with Gasteiger partial charge in [0.2, 0.25) is 0 Å². The Balaban J connectivity index is 2.14. The number of carbonyl (C=O) groups excluding carboxylic acids is 1. The van der Waals surface area contributed by atoms with Gasteiger partial charge >= 0.3 is 0 Å². The number of aromatic nitrogens is 1. The summed E-state index contributed by atoms with van der Waals surface area (Å²) in [6.07, 6.45) is 2.02. The van der Waals surface area contributed by atoms with E-state index < -0.39 is 11.0 Å². The first kappa shape index (κ1) is 15.7. The van der Waals surface area contributed by atoms with E-state index in [2.05, 4.69) is 4.98 Å². The molecule has 1 aromatic rings. The Bertz CT molecular complexity index is 556. The Labute approximate surface area is 126 Å². The second-order valence-electron chi connectivity index (χ2n) is 5.16. The molecule has 0 radical (unpaired) electrons. The zero-order chi connectivity index (χ0) is 15.6. The standard InChI is InChI=1S/C13H16ClN3O4/c1-8(18)9-2-4-16(5-3-9)13(19)11-6-10(17(20)21)7-15-12(11)14/h6-9,18H,2-5H2,1H3. The third kappa shape index (κ3) is 3.48. The van der Waals surface area contributed by atoms with Crippen molar-refractivity contribution < 1.29 is 14.8 Å². The van der Waals surface area contributed by atoms with E-state index >= 15 is 0 Å². The van der Waals surface area contributed by atoms with Gasteiger partial charge in [0.1, 0.15) is 11.3 Å². The number of nitro groups is 1. The Hall–Kier alpha value is -1.73. The largest absolute Gasteiger partial charge is 0.393 e. The third-order valence-electron chi connectivity index (χ3n) is 3.77. The number of piperidine rings is 1. The van der Waals surface area contributed by atoms with Gasteiger partial charge in [-0.3, -0.25) is 14.9 Å². The predicted molar refractivity (Wildman–Crippen MR) is 76.2 cm³/mol. The molecule has 1 aliphatic rings. The van der Waals surface area contributed by atoms with Gasteiger partial charge in [-0.2, -0.15) is 0 Å². The number of aliphatic hydroxyl groups excluding tert-OH is 1. The summed E-state index contributed by atoms with van der Waals surface area (Å²) in [5, 5.41) is 20.3. The molecule has 2 rings (SSSR count). The van der Waals surface area contributed by atoms with Gasteiger partial charge in [-0.1, -0.05) is 11.6 Å². The average Bonchev–Trinajstić information content (AvgIpc) is 2.47. The molecule has 0 aliphatic carbocycles. The SMILES string of the molecule is CC(O)C1CCN(C(=O)c2cc([N+](=O)[O-])cnc2Cl)CC1. The maximum absolute atomic E-state index is 12.4. The number of amides is 1. The van der Waals surface area contributed by atoms with Crippen molar-refractivity contribution in [2.24, 2.45) is 5.92 Å². The summed E-state index contributed by atoms with van der Waals surface area (Å²) in [7, 11) is 0. The molecular weight excluding hydrogens is 298 g/mol. The first-order valence-corrected chi connectivity index (χ1v) is 7.05. The highest BCUT2D eigenvalue weighted by molar-refractivity contribution is 6.32. The average molecular weight is 314 g/mol. The van der Waals surface area contributed by atoms with Crippen LogP contribution in [0.1, 0.15) is 30.1 Å². The van der Waals surface area contributed by atoms with Gasteiger partial charge in [-0.15, -0.1) is 0 Å². The Kier molecular flexibility index (Phi) is 4.74. The lowest BCUT2D eigenvalue weighted by atomic mass is 9.92. The summed E-state index contributed by atoms with van der Waals surface area (Å²) in [4.78, 5) is 27.8. The number of aliphatic hydroxyl groups is 1. The number of hydrogen-bond donors (Lipinski definition) is 1. The molecule has 1 saturated heterocycles. The molecule has 1 aliphatic heterocycles. The van der Waals surface area contributed by atoms with Crippen LogP contribution in [0, 0.1) is 16.0 Å². The topological polar surface area (TPSA) is 96.6 Å². The van der Waals surface area contributed by atoms with Crippen molar-refractivity contribution in [3.05, 3.63) is 33.1 Å². The van der Waals surface area contributed by atoms with Gasteiger partial charge in [-0.25, -0.2) is 4.98 Å². The highest BCUT2D eigenvalue weighted by Gasteiger charge is 2.28. The molecule has 0 spiro atoms. The molecule has 1 aromatic heterocycles. The number of pyridine rings is 1. The van der Waals surface area contributed by atoms with Crippen LogP contribution in [0.25, 0.3) is 0 Å². The molecule has 1 N–H and O–H groups in total. The number of carbonyl (C=O) groups is 1. The van der Waals surface area contributed by atoms with E-state index in [1.165, 1.54) is 0 Å². The van der Waals surface area contributed by atoms with Gasteiger partial charge in [-0.05, 0) is 25.7 Å². The monoisotopic (exact) mass is 313 g/mol. The van der Waals surface area contributed by atoms with Crippen LogP contribution >= 0.6 is 11.6 Å². The van der Waals surface area contributed by atoms with Gasteiger partial charge in [0.05, 0.1) is 16.6 Å². The van der Waals surface area contributed by atoms with E-state index in [4.69, 9.17) is 11.6 Å². The van der Waals surface area contributed by atoms with Crippen molar-refractivity contribution in [2.45, 2.75) is 25.9 Å². The smallest absolute Gasteiger partial charge is 0.288 e. The van der Waals surface area contributed by atoms with E-state index in [1.54, 1.807) is 11.8 Å². The fraction of sp³-hybridized carbons (Fsp3) is 0.538. The summed E-state index contributed by atoms with van der Waals surface area (Å²) >= 11 is 5.87. The van der Waals surface area contributed by atoms with Crippen molar-refractivity contribution in [3.63, 3.8) is 0 Å².